The Labute approximate surface area is 328 Å². The summed E-state index contributed by atoms with van der Waals surface area (Å²) in [6.07, 6.45) is 3.64. The van der Waals surface area contributed by atoms with Crippen molar-refractivity contribution in [1.82, 2.24) is 15.0 Å². The number of rotatable bonds is 3. The Bertz CT molecular complexity index is 3170. The van der Waals surface area contributed by atoms with Crippen LogP contribution in [-0.4, -0.2) is 15.0 Å². The molecule has 0 amide bonds. The molecule has 0 bridgehead atoms. The van der Waals surface area contributed by atoms with Gasteiger partial charge in [-0.1, -0.05) is 127 Å². The second-order valence-corrected chi connectivity index (χ2v) is 14.7. The van der Waals surface area contributed by atoms with E-state index in [1.807, 2.05) is 48.7 Å². The molecule has 1 aliphatic heterocycles. The van der Waals surface area contributed by atoms with Gasteiger partial charge in [0, 0.05) is 51.0 Å². The lowest BCUT2D eigenvalue weighted by atomic mass is 9.62. The van der Waals surface area contributed by atoms with Crippen molar-refractivity contribution < 1.29 is 9.15 Å². The number of hydrogen-bond donors (Lipinski definition) is 0. The largest absolute Gasteiger partial charge is 0.457 e. The lowest BCUT2D eigenvalue weighted by molar-refractivity contribution is 0.435. The molecule has 10 aromatic rings. The molecule has 12 rings (SSSR count). The molecule has 2 aliphatic rings. The van der Waals surface area contributed by atoms with Crippen LogP contribution in [0.1, 0.15) is 22.3 Å². The van der Waals surface area contributed by atoms with E-state index in [-0.39, 0.29) is 0 Å². The number of hydrogen-bond acceptors (Lipinski definition) is 5. The summed E-state index contributed by atoms with van der Waals surface area (Å²) in [4.78, 5) is 15.0. The fourth-order valence-corrected chi connectivity index (χ4v) is 9.20. The van der Waals surface area contributed by atoms with Crippen LogP contribution in [0.2, 0.25) is 0 Å². The van der Waals surface area contributed by atoms with Gasteiger partial charge in [-0.05, 0) is 81.9 Å². The summed E-state index contributed by atoms with van der Waals surface area (Å²) >= 11 is 0. The highest BCUT2D eigenvalue weighted by atomic mass is 16.5. The molecule has 266 valence electrons. The fourth-order valence-electron chi connectivity index (χ4n) is 9.20. The zero-order valence-electron chi connectivity index (χ0n) is 30.6. The lowest BCUT2D eigenvalue weighted by Gasteiger charge is -2.42. The predicted octanol–water partition coefficient (Wildman–Crippen LogP) is 12.9. The van der Waals surface area contributed by atoms with Crippen LogP contribution in [-0.2, 0) is 5.41 Å². The Morgan fingerprint density at radius 1 is 0.404 bits per heavy atom. The van der Waals surface area contributed by atoms with Gasteiger partial charge in [0.25, 0.3) is 0 Å². The normalized spacial score (nSPS) is 14.9. The molecule has 3 aromatic heterocycles. The molecule has 0 radical (unpaired) electrons. The van der Waals surface area contributed by atoms with Crippen molar-refractivity contribution in [3.05, 3.63) is 211 Å². The van der Waals surface area contributed by atoms with E-state index in [2.05, 4.69) is 138 Å². The van der Waals surface area contributed by atoms with Crippen molar-refractivity contribution in [3.63, 3.8) is 0 Å². The van der Waals surface area contributed by atoms with Gasteiger partial charge in [0.2, 0.25) is 0 Å². The van der Waals surface area contributed by atoms with Gasteiger partial charge in [-0.3, -0.25) is 4.98 Å². The molecule has 0 fully saturated rings. The minimum absolute atomic E-state index is 0.632. The molecular formula is C52H31N3O2. The quantitative estimate of drug-likeness (QED) is 0.181. The van der Waals surface area contributed by atoms with E-state index in [1.54, 1.807) is 6.20 Å². The Balaban J connectivity index is 1.22. The first-order chi connectivity index (χ1) is 28.2. The molecule has 57 heavy (non-hydrogen) atoms. The van der Waals surface area contributed by atoms with Crippen molar-refractivity contribution in [2.45, 2.75) is 5.41 Å². The average molecular weight is 730 g/mol. The van der Waals surface area contributed by atoms with Gasteiger partial charge in [0.1, 0.15) is 22.7 Å². The van der Waals surface area contributed by atoms with E-state index in [0.29, 0.717) is 5.82 Å². The molecule has 4 heterocycles. The first kappa shape index (κ1) is 31.7. The van der Waals surface area contributed by atoms with Crippen molar-refractivity contribution in [2.75, 3.05) is 0 Å². The maximum absolute atomic E-state index is 6.95. The number of aromatic nitrogens is 3. The summed E-state index contributed by atoms with van der Waals surface area (Å²) in [6.45, 7) is 0. The van der Waals surface area contributed by atoms with E-state index in [4.69, 9.17) is 19.1 Å². The van der Waals surface area contributed by atoms with Crippen LogP contribution in [0.25, 0.3) is 78.1 Å². The lowest BCUT2D eigenvalue weighted by Crippen LogP contribution is -2.34. The third-order valence-corrected chi connectivity index (χ3v) is 11.7. The van der Waals surface area contributed by atoms with Crippen LogP contribution >= 0.6 is 0 Å². The van der Waals surface area contributed by atoms with Crippen LogP contribution in [0, 0.1) is 0 Å². The van der Waals surface area contributed by atoms with E-state index in [0.717, 1.165) is 94.9 Å². The zero-order valence-corrected chi connectivity index (χ0v) is 30.6. The second kappa shape index (κ2) is 12.2. The van der Waals surface area contributed by atoms with Crippen LogP contribution in [0.15, 0.2) is 193 Å². The first-order valence-electron chi connectivity index (χ1n) is 19.2. The standard InChI is InChI=1S/C52H31N3O2/c1-2-13-32(14-3-1)45-30-46(34-15-12-26-53-31-34)55-51(54-45)33-24-25-38-36-17-5-4-16-35(36)37-18-6-8-20-41(37)52(43(38)27-33)42-21-9-11-23-48(42)57-50-28-40-39-19-7-10-22-47(39)56-49(40)29-44(50)52/h1-31H. The van der Waals surface area contributed by atoms with Gasteiger partial charge in [0.05, 0.1) is 16.8 Å². The smallest absolute Gasteiger partial charge is 0.160 e. The summed E-state index contributed by atoms with van der Waals surface area (Å²) < 4.78 is 13.6. The Hall–Kier alpha value is -7.63. The third kappa shape index (κ3) is 4.66. The van der Waals surface area contributed by atoms with Crippen LogP contribution < -0.4 is 4.74 Å². The molecular weight excluding hydrogens is 699 g/mol. The Kier molecular flexibility index (Phi) is 6.78. The monoisotopic (exact) mass is 729 g/mol. The van der Waals surface area contributed by atoms with Crippen LogP contribution in [0.5, 0.6) is 11.5 Å². The minimum Gasteiger partial charge on any atom is -0.457 e. The van der Waals surface area contributed by atoms with Crippen LogP contribution in [0.3, 0.4) is 0 Å². The summed E-state index contributed by atoms with van der Waals surface area (Å²) in [5.74, 6) is 2.24. The number of nitrogens with zero attached hydrogens (tertiary/aromatic N) is 3. The highest BCUT2D eigenvalue weighted by molar-refractivity contribution is 6.06. The molecule has 0 saturated heterocycles. The third-order valence-electron chi connectivity index (χ3n) is 11.7. The number of pyridine rings is 1. The van der Waals surface area contributed by atoms with Gasteiger partial charge in [0.15, 0.2) is 5.82 Å². The van der Waals surface area contributed by atoms with Gasteiger partial charge in [-0.15, -0.1) is 0 Å². The summed E-state index contributed by atoms with van der Waals surface area (Å²) in [7, 11) is 0. The maximum Gasteiger partial charge on any atom is 0.160 e. The topological polar surface area (TPSA) is 61.0 Å². The number of fused-ring (bicyclic) bond motifs is 14. The fraction of sp³-hybridized carbons (Fsp3) is 0.0192. The first-order valence-corrected chi connectivity index (χ1v) is 19.2. The molecule has 0 N–H and O–H groups in total. The SMILES string of the molecule is c1ccc(-c2cc(-c3cccnc3)nc(-c3ccc4c(c3)C3(c5ccccc5Oc5cc6c(cc53)oc3ccccc36)c3ccccc3-c3ccccc3-4)n2)cc1. The Morgan fingerprint density at radius 2 is 1.09 bits per heavy atom. The molecule has 0 saturated carbocycles. The highest BCUT2D eigenvalue weighted by Gasteiger charge is 2.49. The Morgan fingerprint density at radius 3 is 1.91 bits per heavy atom. The molecule has 5 nitrogen and oxygen atoms in total. The van der Waals surface area contributed by atoms with E-state index >= 15 is 0 Å². The van der Waals surface area contributed by atoms with Crippen molar-refractivity contribution in [2.24, 2.45) is 0 Å². The van der Waals surface area contributed by atoms with Crippen LogP contribution in [0.4, 0.5) is 0 Å². The number of benzene rings is 7. The van der Waals surface area contributed by atoms with Crippen molar-refractivity contribution >= 4 is 21.9 Å². The molecule has 1 spiro atoms. The maximum atomic E-state index is 6.95. The van der Waals surface area contributed by atoms with E-state index in [1.165, 1.54) is 11.1 Å². The molecule has 1 aliphatic carbocycles. The number of furan rings is 1. The summed E-state index contributed by atoms with van der Waals surface area (Å²) in [5, 5.41) is 2.08. The second-order valence-electron chi connectivity index (χ2n) is 14.7. The van der Waals surface area contributed by atoms with Gasteiger partial charge in [-0.2, -0.15) is 0 Å². The highest BCUT2D eigenvalue weighted by Crippen LogP contribution is 2.61. The van der Waals surface area contributed by atoms with Gasteiger partial charge >= 0.3 is 0 Å². The molecule has 1 unspecified atom stereocenters. The number of ether oxygens (including phenoxy) is 1. The summed E-state index contributed by atoms with van der Waals surface area (Å²) in [6, 6.07) is 61.8. The minimum atomic E-state index is -0.832. The van der Waals surface area contributed by atoms with Crippen molar-refractivity contribution in [3.8, 4) is 67.7 Å². The van der Waals surface area contributed by atoms with E-state index < -0.39 is 5.41 Å². The zero-order chi connectivity index (χ0) is 37.5. The average Bonchev–Trinajstić information content (AvgIpc) is 3.60. The van der Waals surface area contributed by atoms with Gasteiger partial charge in [-0.25, -0.2) is 9.97 Å². The molecule has 1 atom stereocenters. The van der Waals surface area contributed by atoms with Gasteiger partial charge < -0.3 is 9.15 Å². The van der Waals surface area contributed by atoms with Crippen molar-refractivity contribution in [1.29, 1.82) is 0 Å². The molecule has 7 aromatic carbocycles. The molecule has 5 heteroatoms. The van der Waals surface area contributed by atoms with E-state index in [9.17, 15) is 0 Å². The number of para-hydroxylation sites is 2. The summed E-state index contributed by atoms with van der Waals surface area (Å²) in [5.41, 5.74) is 14.3. The predicted molar refractivity (Wildman–Crippen MR) is 226 cm³/mol.